The van der Waals surface area contributed by atoms with Crippen molar-refractivity contribution in [3.63, 3.8) is 0 Å². The van der Waals surface area contributed by atoms with Gasteiger partial charge in [-0.1, -0.05) is 29.3 Å². The molecule has 2 rings (SSSR count). The second kappa shape index (κ2) is 6.79. The molecular weight excluding hydrogens is 305 g/mol. The molecule has 0 unspecified atom stereocenters. The first-order valence-electron chi connectivity index (χ1n) is 6.86. The predicted molar refractivity (Wildman–Crippen MR) is 86.0 cm³/mol. The molecule has 0 aliphatic heterocycles. The zero-order chi connectivity index (χ0) is 16.3. The van der Waals surface area contributed by atoms with Crippen LogP contribution in [0.15, 0.2) is 36.4 Å². The molecule has 116 valence electrons. The highest BCUT2D eigenvalue weighted by atomic mass is 35.5. The van der Waals surface area contributed by atoms with Crippen LogP contribution in [0.1, 0.15) is 18.1 Å². The normalized spacial score (nSPS) is 11.9. The van der Waals surface area contributed by atoms with E-state index < -0.39 is 11.9 Å². The molecule has 0 radical (unpaired) electrons. The standard InChI is InChI=1S/C17H17ClFNO2/c1-10-4-7-16(11(2)8-10)22-12(3)17(21)20-13-5-6-15(19)14(18)9-13/h4-9,12H,1-3H3,(H,20,21)/t12-/m1/s1. The number of nitrogens with one attached hydrogen (secondary N) is 1. The van der Waals surface area contributed by atoms with E-state index in [2.05, 4.69) is 5.32 Å². The molecule has 2 aromatic carbocycles. The number of aryl methyl sites for hydroxylation is 2. The monoisotopic (exact) mass is 321 g/mol. The molecule has 3 nitrogen and oxygen atoms in total. The van der Waals surface area contributed by atoms with Crippen molar-refractivity contribution >= 4 is 23.2 Å². The van der Waals surface area contributed by atoms with Gasteiger partial charge >= 0.3 is 0 Å². The molecule has 0 aliphatic rings. The van der Waals surface area contributed by atoms with Crippen LogP contribution in [-0.4, -0.2) is 12.0 Å². The van der Waals surface area contributed by atoms with Gasteiger partial charge in [0, 0.05) is 5.69 Å². The van der Waals surface area contributed by atoms with Gasteiger partial charge in [-0.05, 0) is 50.6 Å². The Labute approximate surface area is 134 Å². The Kier molecular flexibility index (Phi) is 5.03. The minimum absolute atomic E-state index is 0.0410. The summed E-state index contributed by atoms with van der Waals surface area (Å²) in [5, 5.41) is 2.60. The Bertz CT molecular complexity index is 703. The highest BCUT2D eigenvalue weighted by Crippen LogP contribution is 2.22. The topological polar surface area (TPSA) is 38.3 Å². The maximum Gasteiger partial charge on any atom is 0.265 e. The first-order valence-corrected chi connectivity index (χ1v) is 7.24. The maximum atomic E-state index is 13.1. The minimum Gasteiger partial charge on any atom is -0.481 e. The Hall–Kier alpha value is -2.07. The molecule has 5 heteroatoms. The van der Waals surface area contributed by atoms with Crippen LogP contribution in [0.5, 0.6) is 5.75 Å². The van der Waals surface area contributed by atoms with Crippen LogP contribution in [0.4, 0.5) is 10.1 Å². The minimum atomic E-state index is -0.690. The van der Waals surface area contributed by atoms with E-state index in [9.17, 15) is 9.18 Å². The van der Waals surface area contributed by atoms with Gasteiger partial charge in [-0.2, -0.15) is 0 Å². The number of hydrogen-bond donors (Lipinski definition) is 1. The number of amides is 1. The summed E-state index contributed by atoms with van der Waals surface area (Å²) in [6.07, 6.45) is -0.690. The lowest BCUT2D eigenvalue weighted by Crippen LogP contribution is -2.30. The smallest absolute Gasteiger partial charge is 0.265 e. The molecule has 1 amide bonds. The van der Waals surface area contributed by atoms with Gasteiger partial charge in [-0.25, -0.2) is 4.39 Å². The SMILES string of the molecule is Cc1ccc(O[C@H](C)C(=O)Nc2ccc(F)c(Cl)c2)c(C)c1. The van der Waals surface area contributed by atoms with E-state index in [-0.39, 0.29) is 10.9 Å². The van der Waals surface area contributed by atoms with Gasteiger partial charge in [0.05, 0.1) is 5.02 Å². The van der Waals surface area contributed by atoms with E-state index in [4.69, 9.17) is 16.3 Å². The van der Waals surface area contributed by atoms with Crippen molar-refractivity contribution in [2.75, 3.05) is 5.32 Å². The molecule has 0 spiro atoms. The molecule has 0 aromatic heterocycles. The predicted octanol–water partition coefficient (Wildman–Crippen LogP) is 4.50. The van der Waals surface area contributed by atoms with E-state index >= 15 is 0 Å². The van der Waals surface area contributed by atoms with E-state index in [1.54, 1.807) is 6.92 Å². The maximum absolute atomic E-state index is 13.1. The Morgan fingerprint density at radius 3 is 2.59 bits per heavy atom. The third-order valence-corrected chi connectivity index (χ3v) is 3.48. The molecule has 0 fully saturated rings. The Balaban J connectivity index is 2.04. The van der Waals surface area contributed by atoms with Gasteiger partial charge in [-0.3, -0.25) is 4.79 Å². The zero-order valence-corrected chi connectivity index (χ0v) is 13.4. The van der Waals surface area contributed by atoms with E-state index in [0.717, 1.165) is 11.1 Å². The number of rotatable bonds is 4. The van der Waals surface area contributed by atoms with E-state index in [0.29, 0.717) is 11.4 Å². The van der Waals surface area contributed by atoms with Crippen LogP contribution in [0.3, 0.4) is 0 Å². The molecule has 0 bridgehead atoms. The first kappa shape index (κ1) is 16.3. The molecule has 2 aromatic rings. The fraction of sp³-hybridized carbons (Fsp3) is 0.235. The van der Waals surface area contributed by atoms with Crippen molar-refractivity contribution < 1.29 is 13.9 Å². The van der Waals surface area contributed by atoms with Gasteiger partial charge in [0.1, 0.15) is 11.6 Å². The Morgan fingerprint density at radius 1 is 1.23 bits per heavy atom. The summed E-state index contributed by atoms with van der Waals surface area (Å²) in [5.41, 5.74) is 2.51. The summed E-state index contributed by atoms with van der Waals surface area (Å²) in [7, 11) is 0. The summed E-state index contributed by atoms with van der Waals surface area (Å²) in [5.74, 6) is -0.202. The van der Waals surface area contributed by atoms with Gasteiger partial charge in [0.15, 0.2) is 6.10 Å². The summed E-state index contributed by atoms with van der Waals surface area (Å²) in [4.78, 5) is 12.1. The lowest BCUT2D eigenvalue weighted by molar-refractivity contribution is -0.122. The van der Waals surface area contributed by atoms with Crippen LogP contribution in [-0.2, 0) is 4.79 Å². The number of hydrogen-bond acceptors (Lipinski definition) is 2. The average Bonchev–Trinajstić information content (AvgIpc) is 2.45. The van der Waals surface area contributed by atoms with Gasteiger partial charge in [0.2, 0.25) is 0 Å². The summed E-state index contributed by atoms with van der Waals surface area (Å²) in [6.45, 7) is 5.57. The molecular formula is C17H17ClFNO2. The number of carbonyl (C=O) groups is 1. The van der Waals surface area contributed by atoms with Gasteiger partial charge in [-0.15, -0.1) is 0 Å². The molecule has 1 N–H and O–H groups in total. The van der Waals surface area contributed by atoms with Crippen molar-refractivity contribution in [2.45, 2.75) is 26.9 Å². The lowest BCUT2D eigenvalue weighted by atomic mass is 10.1. The second-order valence-electron chi connectivity index (χ2n) is 5.15. The van der Waals surface area contributed by atoms with Crippen LogP contribution in [0.2, 0.25) is 5.02 Å². The largest absolute Gasteiger partial charge is 0.481 e. The van der Waals surface area contributed by atoms with Crippen LogP contribution in [0, 0.1) is 19.7 Å². The number of anilines is 1. The summed E-state index contributed by atoms with van der Waals surface area (Å²) in [6, 6.07) is 9.75. The molecule has 1 atom stereocenters. The number of carbonyl (C=O) groups excluding carboxylic acids is 1. The Morgan fingerprint density at radius 2 is 1.95 bits per heavy atom. The highest BCUT2D eigenvalue weighted by molar-refractivity contribution is 6.31. The van der Waals surface area contributed by atoms with Crippen molar-refractivity contribution in [3.8, 4) is 5.75 Å². The second-order valence-corrected chi connectivity index (χ2v) is 5.55. The lowest BCUT2D eigenvalue weighted by Gasteiger charge is -2.16. The van der Waals surface area contributed by atoms with Crippen LogP contribution >= 0.6 is 11.6 Å². The molecule has 0 saturated carbocycles. The van der Waals surface area contributed by atoms with Crippen LogP contribution in [0.25, 0.3) is 0 Å². The number of ether oxygens (including phenoxy) is 1. The fourth-order valence-electron chi connectivity index (χ4n) is 1.99. The van der Waals surface area contributed by atoms with Gasteiger partial charge < -0.3 is 10.1 Å². The molecule has 22 heavy (non-hydrogen) atoms. The first-order chi connectivity index (χ1) is 10.4. The molecule has 0 saturated heterocycles. The van der Waals surface area contributed by atoms with E-state index in [1.807, 2.05) is 32.0 Å². The quantitative estimate of drug-likeness (QED) is 0.900. The van der Waals surface area contributed by atoms with Gasteiger partial charge in [0.25, 0.3) is 5.91 Å². The fourth-order valence-corrected chi connectivity index (χ4v) is 2.17. The summed E-state index contributed by atoms with van der Waals surface area (Å²) < 4.78 is 18.8. The van der Waals surface area contributed by atoms with Crippen molar-refractivity contribution in [1.29, 1.82) is 0 Å². The highest BCUT2D eigenvalue weighted by Gasteiger charge is 2.16. The third kappa shape index (κ3) is 3.98. The molecule has 0 aliphatic carbocycles. The average molecular weight is 322 g/mol. The summed E-state index contributed by atoms with van der Waals surface area (Å²) >= 11 is 5.68. The van der Waals surface area contributed by atoms with Crippen molar-refractivity contribution in [3.05, 3.63) is 58.4 Å². The van der Waals surface area contributed by atoms with Crippen molar-refractivity contribution in [2.24, 2.45) is 0 Å². The van der Waals surface area contributed by atoms with Crippen LogP contribution < -0.4 is 10.1 Å². The number of benzene rings is 2. The zero-order valence-electron chi connectivity index (χ0n) is 12.6. The van der Waals surface area contributed by atoms with E-state index in [1.165, 1.54) is 18.2 Å². The third-order valence-electron chi connectivity index (χ3n) is 3.19. The van der Waals surface area contributed by atoms with Crippen molar-refractivity contribution in [1.82, 2.24) is 0 Å². The molecule has 0 heterocycles. The number of halogens is 2.